The van der Waals surface area contributed by atoms with Gasteiger partial charge in [0.2, 0.25) is 0 Å². The molecule has 4 rings (SSSR count). The fourth-order valence-electron chi connectivity index (χ4n) is 4.25. The molecule has 8 heteroatoms. The molecule has 0 bridgehead atoms. The highest BCUT2D eigenvalue weighted by atomic mass is 16.6. The van der Waals surface area contributed by atoms with Crippen molar-refractivity contribution in [3.05, 3.63) is 94.0 Å². The van der Waals surface area contributed by atoms with E-state index in [9.17, 15) is 19.7 Å². The average molecular weight is 474 g/mol. The SMILES string of the molecule is CCOC(=O)C1CCN(c2cc(Nc3ccc(C(=O)c4ccccc4)cc3)ccc2[N+](=O)[O-])CC1. The van der Waals surface area contributed by atoms with E-state index < -0.39 is 0 Å². The quantitative estimate of drug-likeness (QED) is 0.204. The van der Waals surface area contributed by atoms with Crippen molar-refractivity contribution in [1.29, 1.82) is 0 Å². The second-order valence-corrected chi connectivity index (χ2v) is 8.37. The van der Waals surface area contributed by atoms with Gasteiger partial charge in [0, 0.05) is 41.7 Å². The van der Waals surface area contributed by atoms with E-state index in [2.05, 4.69) is 5.32 Å². The van der Waals surface area contributed by atoms with Gasteiger partial charge in [0.15, 0.2) is 5.78 Å². The number of anilines is 3. The summed E-state index contributed by atoms with van der Waals surface area (Å²) >= 11 is 0. The van der Waals surface area contributed by atoms with Gasteiger partial charge in [-0.25, -0.2) is 0 Å². The van der Waals surface area contributed by atoms with Crippen molar-refractivity contribution in [2.45, 2.75) is 19.8 Å². The molecular weight excluding hydrogens is 446 g/mol. The van der Waals surface area contributed by atoms with Crippen LogP contribution in [0.5, 0.6) is 0 Å². The zero-order chi connectivity index (χ0) is 24.8. The molecule has 3 aromatic carbocycles. The molecule has 180 valence electrons. The first-order valence-electron chi connectivity index (χ1n) is 11.6. The second kappa shape index (κ2) is 10.8. The molecule has 1 heterocycles. The van der Waals surface area contributed by atoms with E-state index in [1.54, 1.807) is 43.3 Å². The number of nitrogens with zero attached hydrogens (tertiary/aromatic N) is 2. The van der Waals surface area contributed by atoms with Crippen molar-refractivity contribution >= 4 is 34.5 Å². The molecule has 0 unspecified atom stereocenters. The molecular formula is C27H27N3O5. The van der Waals surface area contributed by atoms with Crippen LogP contribution in [-0.4, -0.2) is 36.4 Å². The Bertz CT molecular complexity index is 1200. The van der Waals surface area contributed by atoms with Crippen molar-refractivity contribution in [2.75, 3.05) is 29.9 Å². The average Bonchev–Trinajstić information content (AvgIpc) is 2.89. The smallest absolute Gasteiger partial charge is 0.309 e. The minimum absolute atomic E-state index is 0.0222. The standard InChI is InChI=1S/C27H27N3O5/c1-2-35-27(32)21-14-16-29(17-15-21)25-18-23(12-13-24(25)30(33)34)28-22-10-8-20(9-11-22)26(31)19-6-4-3-5-7-19/h3-13,18,21,28H,2,14-17H2,1H3. The molecule has 35 heavy (non-hydrogen) atoms. The number of carbonyl (C=O) groups excluding carboxylic acids is 2. The molecule has 0 aromatic heterocycles. The molecule has 0 atom stereocenters. The van der Waals surface area contributed by atoms with Crippen LogP contribution in [0, 0.1) is 16.0 Å². The fraction of sp³-hybridized carbons (Fsp3) is 0.259. The number of nitrogens with one attached hydrogen (secondary N) is 1. The van der Waals surface area contributed by atoms with Gasteiger partial charge in [0.1, 0.15) is 5.69 Å². The van der Waals surface area contributed by atoms with Crippen molar-refractivity contribution in [3.63, 3.8) is 0 Å². The number of esters is 1. The number of ether oxygens (including phenoxy) is 1. The Labute approximate surface area is 203 Å². The van der Waals surface area contributed by atoms with E-state index in [0.717, 1.165) is 5.69 Å². The van der Waals surface area contributed by atoms with Gasteiger partial charge < -0.3 is 15.0 Å². The number of hydrogen-bond acceptors (Lipinski definition) is 7. The number of nitro benzene ring substituents is 1. The number of benzene rings is 3. The monoisotopic (exact) mass is 473 g/mol. The largest absolute Gasteiger partial charge is 0.466 e. The summed E-state index contributed by atoms with van der Waals surface area (Å²) in [6, 6.07) is 21.1. The molecule has 1 saturated heterocycles. The van der Waals surface area contributed by atoms with E-state index in [4.69, 9.17) is 4.74 Å². The first-order valence-corrected chi connectivity index (χ1v) is 11.6. The Hall–Kier alpha value is -4.20. The minimum atomic E-state index is -0.388. The van der Waals surface area contributed by atoms with Crippen molar-refractivity contribution < 1.29 is 19.2 Å². The molecule has 0 saturated carbocycles. The predicted molar refractivity (Wildman–Crippen MR) is 134 cm³/mol. The highest BCUT2D eigenvalue weighted by Gasteiger charge is 2.29. The van der Waals surface area contributed by atoms with Gasteiger partial charge in [0.25, 0.3) is 5.69 Å². The molecule has 0 radical (unpaired) electrons. The van der Waals surface area contributed by atoms with Crippen LogP contribution in [0.25, 0.3) is 0 Å². The fourth-order valence-corrected chi connectivity index (χ4v) is 4.25. The Morgan fingerprint density at radius 3 is 2.23 bits per heavy atom. The molecule has 3 aromatic rings. The van der Waals surface area contributed by atoms with Crippen molar-refractivity contribution in [1.82, 2.24) is 0 Å². The lowest BCUT2D eigenvalue weighted by Crippen LogP contribution is -2.37. The van der Waals surface area contributed by atoms with Crippen LogP contribution >= 0.6 is 0 Å². The molecule has 0 spiro atoms. The Kier molecular flexibility index (Phi) is 7.40. The highest BCUT2D eigenvalue weighted by molar-refractivity contribution is 6.09. The first kappa shape index (κ1) is 23.9. The Morgan fingerprint density at radius 2 is 1.60 bits per heavy atom. The maximum atomic E-state index is 12.6. The summed E-state index contributed by atoms with van der Waals surface area (Å²) in [7, 11) is 0. The lowest BCUT2D eigenvalue weighted by atomic mass is 9.96. The lowest BCUT2D eigenvalue weighted by molar-refractivity contribution is -0.384. The van der Waals surface area contributed by atoms with Gasteiger partial charge in [-0.2, -0.15) is 0 Å². The summed E-state index contributed by atoms with van der Waals surface area (Å²) in [6.45, 7) is 3.19. The number of hydrogen-bond donors (Lipinski definition) is 1. The van der Waals surface area contributed by atoms with E-state index in [1.807, 2.05) is 35.2 Å². The number of nitro groups is 1. The van der Waals surface area contributed by atoms with E-state index in [1.165, 1.54) is 6.07 Å². The second-order valence-electron chi connectivity index (χ2n) is 8.37. The van der Waals surface area contributed by atoms with Gasteiger partial charge in [-0.1, -0.05) is 30.3 Å². The molecule has 8 nitrogen and oxygen atoms in total. The van der Waals surface area contributed by atoms with Crippen molar-refractivity contribution in [2.24, 2.45) is 5.92 Å². The Balaban J connectivity index is 1.48. The third kappa shape index (κ3) is 5.66. The molecule has 1 aliphatic heterocycles. The maximum absolute atomic E-state index is 12.6. The van der Waals surface area contributed by atoms with Crippen LogP contribution in [0.15, 0.2) is 72.8 Å². The van der Waals surface area contributed by atoms with Gasteiger partial charge in [0.05, 0.1) is 17.4 Å². The summed E-state index contributed by atoms with van der Waals surface area (Å²) in [6.07, 6.45) is 1.18. The number of ketones is 1. The maximum Gasteiger partial charge on any atom is 0.309 e. The van der Waals surface area contributed by atoms with Gasteiger partial charge >= 0.3 is 5.97 Å². The number of rotatable bonds is 8. The lowest BCUT2D eigenvalue weighted by Gasteiger charge is -2.32. The van der Waals surface area contributed by atoms with Crippen LogP contribution in [-0.2, 0) is 9.53 Å². The van der Waals surface area contributed by atoms with Crippen LogP contribution in [0.2, 0.25) is 0 Å². The van der Waals surface area contributed by atoms with Crippen LogP contribution in [0.3, 0.4) is 0 Å². The van der Waals surface area contributed by atoms with Crippen LogP contribution in [0.1, 0.15) is 35.7 Å². The summed E-state index contributed by atoms with van der Waals surface area (Å²) in [5, 5.41) is 14.9. The van der Waals surface area contributed by atoms with Crippen LogP contribution in [0.4, 0.5) is 22.7 Å². The van der Waals surface area contributed by atoms with E-state index in [0.29, 0.717) is 55.0 Å². The van der Waals surface area contributed by atoms with E-state index in [-0.39, 0.29) is 28.3 Å². The Morgan fingerprint density at radius 1 is 0.971 bits per heavy atom. The predicted octanol–water partition coefficient (Wildman–Crippen LogP) is 5.35. The van der Waals surface area contributed by atoms with Gasteiger partial charge in [-0.15, -0.1) is 0 Å². The highest BCUT2D eigenvalue weighted by Crippen LogP contribution is 2.35. The molecule has 1 aliphatic rings. The molecule has 1 N–H and O–H groups in total. The van der Waals surface area contributed by atoms with Crippen LogP contribution < -0.4 is 10.2 Å². The zero-order valence-corrected chi connectivity index (χ0v) is 19.5. The third-order valence-corrected chi connectivity index (χ3v) is 6.10. The summed E-state index contributed by atoms with van der Waals surface area (Å²) in [5.74, 6) is -0.434. The van der Waals surface area contributed by atoms with Crippen molar-refractivity contribution in [3.8, 4) is 0 Å². The summed E-state index contributed by atoms with van der Waals surface area (Å²) in [5.41, 5.74) is 3.19. The van der Waals surface area contributed by atoms with Gasteiger partial charge in [-0.3, -0.25) is 19.7 Å². The minimum Gasteiger partial charge on any atom is -0.466 e. The van der Waals surface area contributed by atoms with Gasteiger partial charge in [-0.05, 0) is 56.2 Å². The first-order chi connectivity index (χ1) is 17.0. The molecule has 0 aliphatic carbocycles. The summed E-state index contributed by atoms with van der Waals surface area (Å²) in [4.78, 5) is 37.9. The zero-order valence-electron chi connectivity index (χ0n) is 19.5. The summed E-state index contributed by atoms with van der Waals surface area (Å²) < 4.78 is 5.12. The number of carbonyl (C=O) groups is 2. The van der Waals surface area contributed by atoms with E-state index >= 15 is 0 Å². The number of piperidine rings is 1. The molecule has 1 fully saturated rings. The normalized spacial score (nSPS) is 13.8. The molecule has 0 amide bonds. The topological polar surface area (TPSA) is 102 Å². The third-order valence-electron chi connectivity index (χ3n) is 6.10.